The fraction of sp³-hybridized carbons (Fsp3) is 0.474. The molecule has 0 radical (unpaired) electrons. The molecule has 1 atom stereocenters. The van der Waals surface area contributed by atoms with Crippen LogP contribution >= 0.6 is 0 Å². The summed E-state index contributed by atoms with van der Waals surface area (Å²) in [6.45, 7) is 2.00. The third kappa shape index (κ3) is 5.78. The molecule has 0 saturated carbocycles. The third-order valence-corrected chi connectivity index (χ3v) is 4.36. The molecule has 0 aliphatic carbocycles. The second-order valence-electron chi connectivity index (χ2n) is 6.82. The Hall–Kier alpha value is -2.94. The van der Waals surface area contributed by atoms with Crippen molar-refractivity contribution >= 4 is 35.0 Å². The minimum Gasteiger partial charge on any atom is -0.362 e. The first-order valence-electron chi connectivity index (χ1n) is 9.37. The van der Waals surface area contributed by atoms with Crippen molar-refractivity contribution in [2.45, 2.75) is 32.6 Å². The molecule has 9 heteroatoms. The van der Waals surface area contributed by atoms with Gasteiger partial charge in [-0.05, 0) is 18.6 Å². The standard InChI is InChI=1S/C19H28N6O3/c1-4-5-6-9-14(12-25(28)13-26)18(27)22-23-19-20-16-11-8-7-10-15(16)17(21-19)24(2)3/h7-8,10-11,13-14,28H,4-6,9,12H2,1-3H3,(H,22,27)(H,20,21,23)/t14-/m0/s1. The number of nitrogens with zero attached hydrogens (tertiary/aromatic N) is 4. The molecule has 1 aromatic heterocycles. The highest BCUT2D eigenvalue weighted by molar-refractivity contribution is 5.90. The Labute approximate surface area is 164 Å². The number of rotatable bonds is 11. The van der Waals surface area contributed by atoms with Crippen LogP contribution in [0.4, 0.5) is 11.8 Å². The SMILES string of the molecule is CCCCC[C@@H](CN(O)C=O)C(=O)NNc1nc(N(C)C)c2ccccc2n1. The highest BCUT2D eigenvalue weighted by atomic mass is 16.5. The number of benzene rings is 1. The zero-order valence-corrected chi connectivity index (χ0v) is 16.6. The zero-order chi connectivity index (χ0) is 20.5. The molecule has 0 saturated heterocycles. The Kier molecular flexibility index (Phi) is 7.94. The van der Waals surface area contributed by atoms with Crippen molar-refractivity contribution < 1.29 is 14.8 Å². The summed E-state index contributed by atoms with van der Waals surface area (Å²) in [5.74, 6) is 0.117. The van der Waals surface area contributed by atoms with E-state index < -0.39 is 5.92 Å². The first-order valence-corrected chi connectivity index (χ1v) is 9.37. The molecule has 9 nitrogen and oxygen atoms in total. The number of fused-ring (bicyclic) bond motifs is 1. The lowest BCUT2D eigenvalue weighted by atomic mass is 10.0. The molecular weight excluding hydrogens is 360 g/mol. The average Bonchev–Trinajstić information content (AvgIpc) is 2.70. The molecule has 0 spiro atoms. The van der Waals surface area contributed by atoms with Crippen LogP contribution < -0.4 is 15.8 Å². The van der Waals surface area contributed by atoms with E-state index in [0.717, 1.165) is 36.0 Å². The minimum absolute atomic E-state index is 0.0672. The first kappa shape index (κ1) is 21.4. The second-order valence-corrected chi connectivity index (χ2v) is 6.82. The molecule has 2 aromatic rings. The van der Waals surface area contributed by atoms with Gasteiger partial charge in [0.15, 0.2) is 0 Å². The molecule has 0 unspecified atom stereocenters. The molecule has 0 aliphatic heterocycles. The molecule has 3 N–H and O–H groups in total. The van der Waals surface area contributed by atoms with Gasteiger partial charge in [0.05, 0.1) is 18.0 Å². The van der Waals surface area contributed by atoms with Crippen LogP contribution in [-0.4, -0.2) is 53.2 Å². The summed E-state index contributed by atoms with van der Waals surface area (Å²) >= 11 is 0. The second kappa shape index (κ2) is 10.4. The van der Waals surface area contributed by atoms with Crippen LogP contribution in [0, 0.1) is 5.92 Å². The number of aromatic nitrogens is 2. The predicted octanol–water partition coefficient (Wildman–Crippen LogP) is 2.18. The Morgan fingerprint density at radius 3 is 2.68 bits per heavy atom. The molecular formula is C19H28N6O3. The van der Waals surface area contributed by atoms with E-state index in [1.807, 2.05) is 43.3 Å². The van der Waals surface area contributed by atoms with Crippen LogP contribution in [0.1, 0.15) is 32.6 Å². The number of carbonyl (C=O) groups is 2. The molecule has 1 aromatic carbocycles. The Morgan fingerprint density at radius 1 is 1.25 bits per heavy atom. The topological polar surface area (TPSA) is 111 Å². The van der Waals surface area contributed by atoms with Crippen molar-refractivity contribution in [1.82, 2.24) is 20.5 Å². The number of hydrogen-bond acceptors (Lipinski definition) is 7. The predicted molar refractivity (Wildman–Crippen MR) is 108 cm³/mol. The van der Waals surface area contributed by atoms with Crippen LogP contribution in [0.25, 0.3) is 10.9 Å². The maximum atomic E-state index is 12.6. The van der Waals surface area contributed by atoms with Crippen LogP contribution in [0.5, 0.6) is 0 Å². The van der Waals surface area contributed by atoms with Gasteiger partial charge >= 0.3 is 0 Å². The smallest absolute Gasteiger partial charge is 0.244 e. The van der Waals surface area contributed by atoms with Gasteiger partial charge in [0.1, 0.15) is 5.82 Å². The number of hydrogen-bond donors (Lipinski definition) is 3. The Bertz CT molecular complexity index is 798. The van der Waals surface area contributed by atoms with Gasteiger partial charge in [0, 0.05) is 19.5 Å². The van der Waals surface area contributed by atoms with Gasteiger partial charge in [-0.3, -0.25) is 25.6 Å². The molecule has 152 valence electrons. The number of amides is 2. The van der Waals surface area contributed by atoms with E-state index >= 15 is 0 Å². The van der Waals surface area contributed by atoms with Crippen molar-refractivity contribution in [3.05, 3.63) is 24.3 Å². The summed E-state index contributed by atoms with van der Waals surface area (Å²) in [4.78, 5) is 34.0. The highest BCUT2D eigenvalue weighted by Gasteiger charge is 2.21. The number of anilines is 2. The normalized spacial score (nSPS) is 11.7. The van der Waals surface area contributed by atoms with E-state index in [9.17, 15) is 14.8 Å². The lowest BCUT2D eigenvalue weighted by Crippen LogP contribution is -2.40. The summed E-state index contributed by atoms with van der Waals surface area (Å²) in [5.41, 5.74) is 6.11. The van der Waals surface area contributed by atoms with Gasteiger partial charge in [-0.2, -0.15) is 4.98 Å². The van der Waals surface area contributed by atoms with Gasteiger partial charge in [-0.1, -0.05) is 38.3 Å². The summed E-state index contributed by atoms with van der Waals surface area (Å²) in [6.07, 6.45) is 3.68. The van der Waals surface area contributed by atoms with Crippen LogP contribution in [0.15, 0.2) is 24.3 Å². The van der Waals surface area contributed by atoms with Crippen LogP contribution in [0.2, 0.25) is 0 Å². The quantitative estimate of drug-likeness (QED) is 0.234. The number of hydroxylamine groups is 2. The lowest BCUT2D eigenvalue weighted by molar-refractivity contribution is -0.154. The fourth-order valence-electron chi connectivity index (χ4n) is 2.89. The molecule has 28 heavy (non-hydrogen) atoms. The van der Waals surface area contributed by atoms with E-state index in [2.05, 4.69) is 27.7 Å². The summed E-state index contributed by atoms with van der Waals surface area (Å²) in [5, 5.41) is 10.9. The lowest BCUT2D eigenvalue weighted by Gasteiger charge is -2.20. The number of carbonyl (C=O) groups excluding carboxylic acids is 2. The zero-order valence-electron chi connectivity index (χ0n) is 16.6. The third-order valence-electron chi connectivity index (χ3n) is 4.36. The van der Waals surface area contributed by atoms with Crippen molar-refractivity contribution in [1.29, 1.82) is 0 Å². The first-order chi connectivity index (χ1) is 13.5. The van der Waals surface area contributed by atoms with Gasteiger partial charge in [-0.25, -0.2) is 10.0 Å². The molecule has 0 bridgehead atoms. The number of nitrogens with one attached hydrogen (secondary N) is 2. The van der Waals surface area contributed by atoms with Crippen LogP contribution in [-0.2, 0) is 9.59 Å². The van der Waals surface area contributed by atoms with E-state index in [0.29, 0.717) is 17.9 Å². The van der Waals surface area contributed by atoms with Crippen molar-refractivity contribution in [2.24, 2.45) is 5.92 Å². The van der Waals surface area contributed by atoms with E-state index in [1.165, 1.54) is 0 Å². The van der Waals surface area contributed by atoms with Crippen LogP contribution in [0.3, 0.4) is 0 Å². The number of hydrazine groups is 1. The van der Waals surface area contributed by atoms with E-state index in [-0.39, 0.29) is 18.4 Å². The number of para-hydroxylation sites is 1. The summed E-state index contributed by atoms with van der Waals surface area (Å²) < 4.78 is 0. The maximum absolute atomic E-state index is 12.6. The van der Waals surface area contributed by atoms with Crippen molar-refractivity contribution in [2.75, 3.05) is 31.0 Å². The van der Waals surface area contributed by atoms with Gasteiger partial charge in [0.25, 0.3) is 0 Å². The van der Waals surface area contributed by atoms with Crippen molar-refractivity contribution in [3.63, 3.8) is 0 Å². The Morgan fingerprint density at radius 2 is 2.00 bits per heavy atom. The molecule has 2 amide bonds. The molecule has 2 rings (SSSR count). The highest BCUT2D eigenvalue weighted by Crippen LogP contribution is 2.23. The minimum atomic E-state index is -0.539. The fourth-order valence-corrected chi connectivity index (χ4v) is 2.89. The monoisotopic (exact) mass is 388 g/mol. The average molecular weight is 388 g/mol. The van der Waals surface area contributed by atoms with Gasteiger partial charge < -0.3 is 4.90 Å². The Balaban J connectivity index is 2.11. The molecule has 1 heterocycles. The largest absolute Gasteiger partial charge is 0.362 e. The maximum Gasteiger partial charge on any atom is 0.244 e. The van der Waals surface area contributed by atoms with E-state index in [1.54, 1.807) is 0 Å². The molecule has 0 aliphatic rings. The van der Waals surface area contributed by atoms with E-state index in [4.69, 9.17) is 0 Å². The summed E-state index contributed by atoms with van der Waals surface area (Å²) in [7, 11) is 3.77. The van der Waals surface area contributed by atoms with Gasteiger partial charge in [0.2, 0.25) is 18.3 Å². The molecule has 0 fully saturated rings. The van der Waals surface area contributed by atoms with Crippen molar-refractivity contribution in [3.8, 4) is 0 Å². The number of unbranched alkanes of at least 4 members (excludes halogenated alkanes) is 2. The summed E-state index contributed by atoms with van der Waals surface area (Å²) in [6, 6.07) is 7.61. The van der Waals surface area contributed by atoms with Gasteiger partial charge in [-0.15, -0.1) is 0 Å².